The Morgan fingerprint density at radius 2 is 1.88 bits per heavy atom. The normalized spacial score (nSPS) is 27.2. The van der Waals surface area contributed by atoms with Crippen molar-refractivity contribution in [1.29, 1.82) is 0 Å². The molecule has 1 amide bonds. The Morgan fingerprint density at radius 3 is 2.55 bits per heavy atom. The number of nitrogens with zero attached hydrogens (tertiary/aromatic N) is 1. The van der Waals surface area contributed by atoms with Crippen molar-refractivity contribution in [1.82, 2.24) is 10.2 Å². The second-order valence-electron chi connectivity index (χ2n) is 10.3. The van der Waals surface area contributed by atoms with Crippen LogP contribution in [0.1, 0.15) is 50.8 Å². The smallest absolute Gasteiger partial charge is 0.407 e. The molecule has 3 saturated heterocycles. The molecule has 0 aromatic heterocycles. The average molecular weight is 453 g/mol. The van der Waals surface area contributed by atoms with E-state index >= 15 is 0 Å². The maximum absolute atomic E-state index is 14.4. The molecule has 0 radical (unpaired) electrons. The molecule has 1 N–H and O–H groups in total. The van der Waals surface area contributed by atoms with Crippen LogP contribution in [0.3, 0.4) is 0 Å². The molecule has 2 atom stereocenters. The number of carbonyl (C=O) groups excluding carboxylic acids is 1. The number of rotatable bonds is 5. The molecule has 6 rings (SSSR count). The van der Waals surface area contributed by atoms with E-state index in [2.05, 4.69) is 36.2 Å². The number of hydrogen-bond donors (Lipinski definition) is 1. The maximum atomic E-state index is 14.4. The van der Waals surface area contributed by atoms with E-state index in [0.29, 0.717) is 12.5 Å². The molecular formula is C27H33FN2O3. The van der Waals surface area contributed by atoms with Crippen molar-refractivity contribution in [2.45, 2.75) is 52.2 Å². The number of ether oxygens (including phenoxy) is 2. The van der Waals surface area contributed by atoms with Gasteiger partial charge in [0.05, 0.1) is 12.6 Å². The number of halogens is 1. The Balaban J connectivity index is 1.32. The van der Waals surface area contributed by atoms with Crippen LogP contribution in [-0.4, -0.2) is 43.3 Å². The van der Waals surface area contributed by atoms with Crippen molar-refractivity contribution < 1.29 is 18.7 Å². The van der Waals surface area contributed by atoms with Crippen LogP contribution < -0.4 is 10.1 Å². The first-order valence-corrected chi connectivity index (χ1v) is 12.1. The number of fused-ring (bicyclic) bond motifs is 4. The lowest BCUT2D eigenvalue weighted by Gasteiger charge is -2.44. The first-order valence-electron chi connectivity index (χ1n) is 12.1. The summed E-state index contributed by atoms with van der Waals surface area (Å²) in [5, 5.41) is 3.17. The molecule has 0 spiro atoms. The summed E-state index contributed by atoms with van der Waals surface area (Å²) in [6, 6.07) is 11.2. The van der Waals surface area contributed by atoms with Gasteiger partial charge in [0.15, 0.2) is 11.6 Å². The van der Waals surface area contributed by atoms with Crippen LogP contribution >= 0.6 is 0 Å². The van der Waals surface area contributed by atoms with Gasteiger partial charge in [0, 0.05) is 6.54 Å². The van der Waals surface area contributed by atoms with E-state index < -0.39 is 0 Å². The molecule has 5 nitrogen and oxygen atoms in total. The predicted molar refractivity (Wildman–Crippen MR) is 126 cm³/mol. The van der Waals surface area contributed by atoms with Crippen molar-refractivity contribution in [3.8, 4) is 16.9 Å². The highest BCUT2D eigenvalue weighted by atomic mass is 19.1. The van der Waals surface area contributed by atoms with Crippen molar-refractivity contribution in [2.75, 3.05) is 26.2 Å². The Labute approximate surface area is 195 Å². The number of nitrogens with one attached hydrogen (secondary N) is 1. The van der Waals surface area contributed by atoms with Gasteiger partial charge in [0.1, 0.15) is 6.10 Å². The summed E-state index contributed by atoms with van der Waals surface area (Å²) in [5.74, 6) is 0.404. The summed E-state index contributed by atoms with van der Waals surface area (Å²) in [7, 11) is 0. The van der Waals surface area contributed by atoms with E-state index in [9.17, 15) is 9.18 Å². The fourth-order valence-electron chi connectivity index (χ4n) is 5.79. The Morgan fingerprint density at radius 1 is 1.15 bits per heavy atom. The summed E-state index contributed by atoms with van der Waals surface area (Å²) in [6.07, 6.45) is 2.74. The molecule has 1 aliphatic carbocycles. The molecule has 3 heterocycles. The van der Waals surface area contributed by atoms with Gasteiger partial charge in [-0.2, -0.15) is 0 Å². The van der Waals surface area contributed by atoms with Gasteiger partial charge in [0.2, 0.25) is 0 Å². The van der Waals surface area contributed by atoms with Crippen molar-refractivity contribution in [3.05, 3.63) is 53.3 Å². The molecule has 0 unspecified atom stereocenters. The summed E-state index contributed by atoms with van der Waals surface area (Å²) in [4.78, 5) is 15.2. The molecule has 2 aromatic carbocycles. The maximum Gasteiger partial charge on any atom is 0.407 e. The van der Waals surface area contributed by atoms with Crippen LogP contribution in [0.15, 0.2) is 36.4 Å². The number of amides is 1. The molecule has 33 heavy (non-hydrogen) atoms. The van der Waals surface area contributed by atoms with E-state index in [1.54, 1.807) is 6.07 Å². The first-order chi connectivity index (χ1) is 15.8. The van der Waals surface area contributed by atoms with Gasteiger partial charge in [-0.15, -0.1) is 0 Å². The van der Waals surface area contributed by atoms with Crippen LogP contribution in [0.4, 0.5) is 9.18 Å². The van der Waals surface area contributed by atoms with Gasteiger partial charge in [-0.1, -0.05) is 38.1 Å². The third kappa shape index (κ3) is 4.33. The zero-order chi connectivity index (χ0) is 23.2. The Bertz CT molecular complexity index is 1050. The molecule has 2 aromatic rings. The summed E-state index contributed by atoms with van der Waals surface area (Å²) < 4.78 is 25.6. The van der Waals surface area contributed by atoms with Crippen LogP contribution in [0.2, 0.25) is 0 Å². The van der Waals surface area contributed by atoms with Crippen LogP contribution in [0.5, 0.6) is 5.75 Å². The lowest BCUT2D eigenvalue weighted by Crippen LogP contribution is -2.53. The SMILES string of the molecule is CCOc1ccc(-c2ccc3c(c2)CC(C)(C)[C@H]3NC(=O)O[C@H]2CN3CCC2CC3)cc1F. The number of hydrogen-bond acceptors (Lipinski definition) is 4. The molecule has 3 fully saturated rings. The molecule has 176 valence electrons. The van der Waals surface area contributed by atoms with Crippen LogP contribution in [0, 0.1) is 17.2 Å². The molecule has 2 bridgehead atoms. The standard InChI is InChI=1S/C27H33FN2O3/c1-4-32-23-8-6-19(14-22(23)28)18-5-7-21-20(13-18)15-27(2,3)25(21)29-26(31)33-24-16-30-11-9-17(24)10-12-30/h5-8,13-14,17,24-25H,4,9-12,15-16H2,1-3H3,(H,29,31)/t24-,25-/m0/s1. The highest BCUT2D eigenvalue weighted by Gasteiger charge is 2.42. The summed E-state index contributed by atoms with van der Waals surface area (Å²) >= 11 is 0. The quantitative estimate of drug-likeness (QED) is 0.666. The van der Waals surface area contributed by atoms with E-state index in [1.807, 2.05) is 19.1 Å². The van der Waals surface area contributed by atoms with Crippen molar-refractivity contribution in [2.24, 2.45) is 11.3 Å². The first kappa shape index (κ1) is 22.2. The lowest BCUT2D eigenvalue weighted by molar-refractivity contribution is -0.0348. The van der Waals surface area contributed by atoms with E-state index in [1.165, 1.54) is 11.6 Å². The Kier molecular flexibility index (Phi) is 5.81. The third-order valence-corrected chi connectivity index (χ3v) is 7.56. The predicted octanol–water partition coefficient (Wildman–Crippen LogP) is 5.34. The minimum Gasteiger partial charge on any atom is -0.491 e. The second-order valence-corrected chi connectivity index (χ2v) is 10.3. The van der Waals surface area contributed by atoms with Crippen molar-refractivity contribution >= 4 is 6.09 Å². The van der Waals surface area contributed by atoms with Crippen LogP contribution in [0.25, 0.3) is 11.1 Å². The fraction of sp³-hybridized carbons (Fsp3) is 0.519. The minimum absolute atomic E-state index is 0.00609. The van der Waals surface area contributed by atoms with E-state index in [-0.39, 0.29) is 35.2 Å². The van der Waals surface area contributed by atoms with E-state index in [0.717, 1.165) is 55.6 Å². The molecule has 6 heteroatoms. The van der Waals surface area contributed by atoms with Gasteiger partial charge in [-0.05, 0) is 85.0 Å². The molecule has 0 saturated carbocycles. The largest absolute Gasteiger partial charge is 0.491 e. The number of benzene rings is 2. The van der Waals surface area contributed by atoms with Gasteiger partial charge in [0.25, 0.3) is 0 Å². The highest BCUT2D eigenvalue weighted by molar-refractivity contribution is 5.70. The minimum atomic E-state index is -0.356. The zero-order valence-corrected chi connectivity index (χ0v) is 19.7. The van der Waals surface area contributed by atoms with Crippen molar-refractivity contribution in [3.63, 3.8) is 0 Å². The number of alkyl carbamates (subject to hydrolysis) is 1. The average Bonchev–Trinajstić information content (AvgIpc) is 3.04. The van der Waals surface area contributed by atoms with Gasteiger partial charge >= 0.3 is 6.09 Å². The third-order valence-electron chi connectivity index (χ3n) is 7.56. The topological polar surface area (TPSA) is 50.8 Å². The molecular weight excluding hydrogens is 419 g/mol. The second kappa shape index (κ2) is 8.64. The van der Waals surface area contributed by atoms with Gasteiger partial charge in [-0.25, -0.2) is 9.18 Å². The van der Waals surface area contributed by atoms with Gasteiger partial charge in [-0.3, -0.25) is 4.90 Å². The number of carbonyl (C=O) groups is 1. The highest BCUT2D eigenvalue weighted by Crippen LogP contribution is 2.46. The summed E-state index contributed by atoms with van der Waals surface area (Å²) in [6.45, 7) is 9.70. The number of piperidine rings is 3. The van der Waals surface area contributed by atoms with E-state index in [4.69, 9.17) is 9.47 Å². The van der Waals surface area contributed by atoms with Gasteiger partial charge < -0.3 is 14.8 Å². The molecule has 3 aliphatic heterocycles. The van der Waals surface area contributed by atoms with Crippen LogP contribution in [-0.2, 0) is 11.2 Å². The molecule has 4 aliphatic rings. The zero-order valence-electron chi connectivity index (χ0n) is 19.7. The summed E-state index contributed by atoms with van der Waals surface area (Å²) in [5.41, 5.74) is 3.93. The monoisotopic (exact) mass is 452 g/mol. The Hall–Kier alpha value is -2.60. The lowest BCUT2D eigenvalue weighted by atomic mass is 9.85. The fourth-order valence-corrected chi connectivity index (χ4v) is 5.79.